The average Bonchev–Trinajstić information content (AvgIpc) is 0.915. The van der Waals surface area contributed by atoms with Gasteiger partial charge in [-0.1, -0.05) is 411 Å². The number of phosphoric ester groups is 1. The van der Waals surface area contributed by atoms with Gasteiger partial charge in [0.1, 0.15) is 19.8 Å². The number of nitrogens with zero attached hydrogens (tertiary/aromatic N) is 1. The maximum atomic E-state index is 12.9. The highest BCUT2D eigenvalue weighted by molar-refractivity contribution is 7.47. The Labute approximate surface area is 645 Å². The standard InChI is InChI=1S/C94H168NO8P/c1-6-8-10-12-14-16-18-20-22-24-26-28-30-32-34-36-38-40-42-44-46-47-49-50-52-54-56-58-60-62-64-66-68-70-72-74-76-78-80-82-84-86-93(96)100-90-92(91-102-104(98,99)101-89-88-95(3,4)5)103-94(97)87-85-83-81-79-77-75-73-71-69-67-65-63-61-59-57-55-53-51-48-45-43-41-39-37-35-33-31-29-27-25-23-21-19-17-15-13-11-9-7-2/h9,11,15,17,21,23-24,26-27,29,33,35,39,41,45,48,53,55,59,61,92H,6-8,10,12-14,16,18-20,22,25,28,30-32,34,36-38,40,42-44,46-47,49-52,54,56-58,60,62-91H2,1-5H3/p+1/b11-9-,17-15-,23-21-,26-24-,29-27-,35-33-,41-39-,48-45-,55-53-,61-59-. The van der Waals surface area contributed by atoms with Crippen molar-refractivity contribution in [3.8, 4) is 0 Å². The molecular formula is C94H169NO8P+. The Morgan fingerprint density at radius 1 is 0.308 bits per heavy atom. The molecule has 104 heavy (non-hydrogen) atoms. The molecule has 0 rings (SSSR count). The van der Waals surface area contributed by atoms with Gasteiger partial charge in [0.25, 0.3) is 0 Å². The topological polar surface area (TPSA) is 108 Å². The fraction of sp³-hybridized carbons (Fsp3) is 0.766. The van der Waals surface area contributed by atoms with Crippen LogP contribution in [-0.2, 0) is 32.7 Å². The summed E-state index contributed by atoms with van der Waals surface area (Å²) in [4.78, 5) is 36.1. The largest absolute Gasteiger partial charge is 0.472 e. The van der Waals surface area contributed by atoms with Gasteiger partial charge in [0.05, 0.1) is 27.7 Å². The van der Waals surface area contributed by atoms with E-state index in [2.05, 4.69) is 135 Å². The summed E-state index contributed by atoms with van der Waals surface area (Å²) in [6.45, 7) is 4.36. The van der Waals surface area contributed by atoms with E-state index in [1.165, 1.54) is 276 Å². The van der Waals surface area contributed by atoms with Crippen LogP contribution in [0.3, 0.4) is 0 Å². The number of likely N-dealkylation sites (N-methyl/N-ethyl adjacent to an activating group) is 1. The molecule has 0 amide bonds. The van der Waals surface area contributed by atoms with Gasteiger partial charge in [0.15, 0.2) is 6.10 Å². The molecule has 0 aliphatic heterocycles. The van der Waals surface area contributed by atoms with Crippen molar-refractivity contribution < 1.29 is 42.1 Å². The number of quaternary nitrogens is 1. The van der Waals surface area contributed by atoms with Gasteiger partial charge < -0.3 is 18.9 Å². The first kappa shape index (κ1) is 100. The smallest absolute Gasteiger partial charge is 0.462 e. The zero-order chi connectivity index (χ0) is 75.4. The molecule has 2 atom stereocenters. The number of carbonyl (C=O) groups is 2. The molecule has 0 aliphatic carbocycles. The van der Waals surface area contributed by atoms with E-state index in [0.29, 0.717) is 17.4 Å². The van der Waals surface area contributed by atoms with Gasteiger partial charge in [-0.3, -0.25) is 18.6 Å². The highest BCUT2D eigenvalue weighted by atomic mass is 31.2. The molecule has 0 fully saturated rings. The highest BCUT2D eigenvalue weighted by Gasteiger charge is 2.27. The normalized spacial score (nSPS) is 13.6. The molecule has 0 bridgehead atoms. The zero-order valence-corrected chi connectivity index (χ0v) is 69.9. The first-order chi connectivity index (χ1) is 51.0. The molecule has 2 unspecified atom stereocenters. The maximum Gasteiger partial charge on any atom is 0.472 e. The van der Waals surface area contributed by atoms with Gasteiger partial charge >= 0.3 is 19.8 Å². The maximum absolute atomic E-state index is 12.9. The lowest BCUT2D eigenvalue weighted by molar-refractivity contribution is -0.870. The predicted octanol–water partition coefficient (Wildman–Crippen LogP) is 30.1. The number of hydrogen-bond donors (Lipinski definition) is 1. The lowest BCUT2D eigenvalue weighted by Gasteiger charge is -2.24. The van der Waals surface area contributed by atoms with Gasteiger partial charge in [-0.25, -0.2) is 4.57 Å². The second kappa shape index (κ2) is 83.4. The van der Waals surface area contributed by atoms with Crippen LogP contribution >= 0.6 is 7.82 Å². The number of carbonyl (C=O) groups excluding carboxylic acids is 2. The van der Waals surface area contributed by atoms with E-state index in [1.54, 1.807) is 0 Å². The summed E-state index contributed by atoms with van der Waals surface area (Å²) in [6, 6.07) is 0. The lowest BCUT2D eigenvalue weighted by Crippen LogP contribution is -2.37. The lowest BCUT2D eigenvalue weighted by atomic mass is 10.0. The number of hydrogen-bond acceptors (Lipinski definition) is 7. The number of ether oxygens (including phenoxy) is 2. The first-order valence-corrected chi connectivity index (χ1v) is 45.8. The molecule has 0 radical (unpaired) electrons. The quantitative estimate of drug-likeness (QED) is 0.0211. The van der Waals surface area contributed by atoms with Crippen molar-refractivity contribution in [2.45, 2.75) is 418 Å². The van der Waals surface area contributed by atoms with E-state index >= 15 is 0 Å². The van der Waals surface area contributed by atoms with Crippen LogP contribution < -0.4 is 0 Å². The van der Waals surface area contributed by atoms with Crippen LogP contribution in [0.25, 0.3) is 0 Å². The SMILES string of the molecule is CC/C=C\C/C=C\C/C=C\C/C=C\C/C=C\C/C=C\C/C=C\C/C=C\C/C=C\CCCCCCCCCCCCCC(=O)OC(COC(=O)CCCCCCCCCCCCCCCCCCCCCCCCCCCCCCC/C=C\CCCCCCCCCC)COP(=O)(O)OCC[N+](C)(C)C. The third-order valence-corrected chi connectivity index (χ3v) is 20.5. The van der Waals surface area contributed by atoms with E-state index in [0.717, 1.165) is 103 Å². The van der Waals surface area contributed by atoms with Gasteiger partial charge in [-0.05, 0) is 109 Å². The van der Waals surface area contributed by atoms with Crippen LogP contribution in [0.2, 0.25) is 0 Å². The summed E-state index contributed by atoms with van der Waals surface area (Å²) in [7, 11) is 1.48. The van der Waals surface area contributed by atoms with Gasteiger partial charge in [-0.15, -0.1) is 0 Å². The molecule has 0 saturated carbocycles. The van der Waals surface area contributed by atoms with Crippen molar-refractivity contribution in [1.29, 1.82) is 0 Å². The molecule has 0 saturated heterocycles. The number of rotatable bonds is 82. The molecule has 0 spiro atoms. The fourth-order valence-electron chi connectivity index (χ4n) is 12.8. The molecule has 10 heteroatoms. The van der Waals surface area contributed by atoms with Gasteiger partial charge in [-0.2, -0.15) is 0 Å². The van der Waals surface area contributed by atoms with Crippen molar-refractivity contribution in [3.63, 3.8) is 0 Å². The third kappa shape index (κ3) is 87.3. The van der Waals surface area contributed by atoms with Crippen molar-refractivity contribution in [2.24, 2.45) is 0 Å². The molecule has 0 aliphatic rings. The Morgan fingerprint density at radius 3 is 0.827 bits per heavy atom. The van der Waals surface area contributed by atoms with Crippen LogP contribution in [0.15, 0.2) is 122 Å². The van der Waals surface area contributed by atoms with Crippen molar-refractivity contribution >= 4 is 19.8 Å². The number of allylic oxidation sites excluding steroid dienone is 20. The summed E-state index contributed by atoms with van der Waals surface area (Å²) in [6.07, 6.45) is 121. The van der Waals surface area contributed by atoms with Crippen molar-refractivity contribution in [1.82, 2.24) is 0 Å². The zero-order valence-electron chi connectivity index (χ0n) is 69.0. The molecule has 0 aromatic rings. The Morgan fingerprint density at radius 2 is 0.548 bits per heavy atom. The minimum absolute atomic E-state index is 0.0285. The van der Waals surface area contributed by atoms with Crippen molar-refractivity contribution in [3.05, 3.63) is 122 Å². The van der Waals surface area contributed by atoms with E-state index in [1.807, 2.05) is 21.1 Å². The molecule has 0 heterocycles. The molecule has 0 aromatic carbocycles. The van der Waals surface area contributed by atoms with Crippen LogP contribution in [0.4, 0.5) is 0 Å². The molecule has 602 valence electrons. The first-order valence-electron chi connectivity index (χ1n) is 44.3. The summed E-state index contributed by atoms with van der Waals surface area (Å²) in [5.74, 6) is -0.788. The summed E-state index contributed by atoms with van der Waals surface area (Å²) in [5.41, 5.74) is 0. The van der Waals surface area contributed by atoms with Crippen molar-refractivity contribution in [2.75, 3.05) is 47.5 Å². The second-order valence-corrected chi connectivity index (χ2v) is 32.4. The molecular weight excluding hydrogens is 1300 g/mol. The summed E-state index contributed by atoms with van der Waals surface area (Å²) < 4.78 is 34.9. The number of esters is 2. The van der Waals surface area contributed by atoms with E-state index in [9.17, 15) is 19.0 Å². The average molecular weight is 1470 g/mol. The predicted molar refractivity (Wildman–Crippen MR) is 454 cm³/mol. The summed E-state index contributed by atoms with van der Waals surface area (Å²) in [5, 5.41) is 0. The fourth-order valence-corrected chi connectivity index (χ4v) is 13.5. The van der Waals surface area contributed by atoms with Crippen LogP contribution in [-0.4, -0.2) is 74.9 Å². The van der Waals surface area contributed by atoms with E-state index < -0.39 is 26.5 Å². The minimum Gasteiger partial charge on any atom is -0.462 e. The number of unbranched alkanes of at least 4 members (excludes halogenated alkanes) is 48. The van der Waals surface area contributed by atoms with E-state index in [4.69, 9.17) is 18.5 Å². The highest BCUT2D eigenvalue weighted by Crippen LogP contribution is 2.43. The monoisotopic (exact) mass is 1470 g/mol. The molecule has 9 nitrogen and oxygen atoms in total. The third-order valence-electron chi connectivity index (χ3n) is 19.5. The van der Waals surface area contributed by atoms with Crippen LogP contribution in [0.1, 0.15) is 412 Å². The Bertz CT molecular complexity index is 2180. The second-order valence-electron chi connectivity index (χ2n) is 30.9. The molecule has 1 N–H and O–H groups in total. The Balaban J connectivity index is 3.92. The van der Waals surface area contributed by atoms with Gasteiger partial charge in [0.2, 0.25) is 0 Å². The summed E-state index contributed by atoms with van der Waals surface area (Å²) >= 11 is 0. The molecule has 0 aromatic heterocycles. The van der Waals surface area contributed by atoms with Crippen LogP contribution in [0, 0.1) is 0 Å². The van der Waals surface area contributed by atoms with Crippen LogP contribution in [0.5, 0.6) is 0 Å². The van der Waals surface area contributed by atoms with Gasteiger partial charge in [0, 0.05) is 12.8 Å². The number of phosphoric acid groups is 1. The van der Waals surface area contributed by atoms with E-state index in [-0.39, 0.29) is 32.0 Å². The Kier molecular flexibility index (Phi) is 80.6. The Hall–Kier alpha value is -3.59. The minimum atomic E-state index is -4.40.